The molecular formula is C17H19F3N2O2. The van der Waals surface area contributed by atoms with E-state index >= 15 is 0 Å². The first kappa shape index (κ1) is 16.8. The third kappa shape index (κ3) is 3.25. The lowest BCUT2D eigenvalue weighted by molar-refractivity contribution is -0.160. The van der Waals surface area contributed by atoms with Crippen molar-refractivity contribution in [3.8, 4) is 0 Å². The molecule has 0 spiro atoms. The van der Waals surface area contributed by atoms with Crippen LogP contribution in [0.15, 0.2) is 30.3 Å². The molecule has 0 aromatic heterocycles. The number of hydrogen-bond acceptors (Lipinski definition) is 2. The fourth-order valence-electron chi connectivity index (χ4n) is 3.93. The molecule has 3 rings (SSSR count). The van der Waals surface area contributed by atoms with Gasteiger partial charge in [-0.05, 0) is 5.56 Å². The minimum absolute atomic E-state index is 0.0199. The predicted molar refractivity (Wildman–Crippen MR) is 80.8 cm³/mol. The second-order valence-corrected chi connectivity index (χ2v) is 6.54. The van der Waals surface area contributed by atoms with Crippen LogP contribution in [0.5, 0.6) is 0 Å². The zero-order chi connectivity index (χ0) is 17.5. The number of carbonyl (C=O) groups excluding carboxylic acids is 2. The van der Waals surface area contributed by atoms with Gasteiger partial charge >= 0.3 is 6.18 Å². The van der Waals surface area contributed by atoms with Crippen LogP contribution in [0, 0.1) is 11.8 Å². The van der Waals surface area contributed by atoms with Gasteiger partial charge in [-0.3, -0.25) is 9.59 Å². The number of alkyl halides is 3. The summed E-state index contributed by atoms with van der Waals surface area (Å²) in [6.07, 6.45) is -5.90. The molecule has 2 heterocycles. The lowest BCUT2D eigenvalue weighted by Crippen LogP contribution is -2.37. The standard InChI is InChI=1S/C17H19F3N2O2/c1-11(23)22-9-13-8-21(15(24)7-17(18,19)20)10-14(13)16(22)12-5-3-2-4-6-12/h2-6,13-14,16H,7-10H2,1H3/t13-,14-,16-/m1/s1. The van der Waals surface area contributed by atoms with Crippen LogP contribution in [0.25, 0.3) is 0 Å². The molecule has 24 heavy (non-hydrogen) atoms. The summed E-state index contributed by atoms with van der Waals surface area (Å²) in [5, 5.41) is 0. The third-order valence-electron chi connectivity index (χ3n) is 4.91. The Kier molecular flexibility index (Phi) is 4.27. The summed E-state index contributed by atoms with van der Waals surface area (Å²) in [6, 6.07) is 9.29. The maximum absolute atomic E-state index is 12.5. The summed E-state index contributed by atoms with van der Waals surface area (Å²) in [6.45, 7) is 2.54. The molecule has 0 N–H and O–H groups in total. The average Bonchev–Trinajstić information content (AvgIpc) is 3.03. The molecule has 3 atom stereocenters. The topological polar surface area (TPSA) is 40.6 Å². The highest BCUT2D eigenvalue weighted by Crippen LogP contribution is 2.45. The predicted octanol–water partition coefficient (Wildman–Crippen LogP) is 2.62. The smallest absolute Gasteiger partial charge is 0.342 e. The molecule has 2 aliphatic rings. The van der Waals surface area contributed by atoms with Crippen molar-refractivity contribution in [3.05, 3.63) is 35.9 Å². The van der Waals surface area contributed by atoms with E-state index < -0.39 is 18.5 Å². The Labute approximate surface area is 138 Å². The Morgan fingerprint density at radius 3 is 2.38 bits per heavy atom. The van der Waals surface area contributed by atoms with E-state index in [0.717, 1.165) is 5.56 Å². The van der Waals surface area contributed by atoms with E-state index in [0.29, 0.717) is 6.54 Å². The molecule has 0 radical (unpaired) electrons. The molecule has 7 heteroatoms. The second kappa shape index (κ2) is 6.11. The Hall–Kier alpha value is -2.05. The van der Waals surface area contributed by atoms with Crippen molar-refractivity contribution >= 4 is 11.8 Å². The molecule has 1 aromatic carbocycles. The highest BCUT2D eigenvalue weighted by molar-refractivity contribution is 5.78. The van der Waals surface area contributed by atoms with Gasteiger partial charge in [0.05, 0.1) is 6.04 Å². The average molecular weight is 340 g/mol. The summed E-state index contributed by atoms with van der Waals surface area (Å²) < 4.78 is 37.4. The molecule has 130 valence electrons. The van der Waals surface area contributed by atoms with E-state index in [9.17, 15) is 22.8 Å². The molecule has 0 saturated carbocycles. The number of hydrogen-bond donors (Lipinski definition) is 0. The van der Waals surface area contributed by atoms with Gasteiger partial charge in [-0.25, -0.2) is 0 Å². The van der Waals surface area contributed by atoms with Crippen LogP contribution in [0.3, 0.4) is 0 Å². The Bertz CT molecular complexity index is 632. The van der Waals surface area contributed by atoms with Crippen LogP contribution in [-0.2, 0) is 9.59 Å². The van der Waals surface area contributed by atoms with E-state index in [-0.39, 0.29) is 36.9 Å². The molecule has 4 nitrogen and oxygen atoms in total. The number of likely N-dealkylation sites (tertiary alicyclic amines) is 2. The van der Waals surface area contributed by atoms with Crippen LogP contribution < -0.4 is 0 Å². The number of halogens is 3. The van der Waals surface area contributed by atoms with Crippen molar-refractivity contribution in [2.24, 2.45) is 11.8 Å². The van der Waals surface area contributed by atoms with Gasteiger partial charge in [-0.1, -0.05) is 30.3 Å². The molecule has 2 amide bonds. The van der Waals surface area contributed by atoms with Crippen molar-refractivity contribution in [1.29, 1.82) is 0 Å². The Balaban J connectivity index is 1.79. The van der Waals surface area contributed by atoms with Crippen LogP contribution in [0.2, 0.25) is 0 Å². The maximum Gasteiger partial charge on any atom is 0.397 e. The van der Waals surface area contributed by atoms with Crippen LogP contribution in [0.4, 0.5) is 13.2 Å². The van der Waals surface area contributed by atoms with E-state index in [1.807, 2.05) is 30.3 Å². The quantitative estimate of drug-likeness (QED) is 0.830. The first-order chi connectivity index (χ1) is 11.3. The Morgan fingerprint density at radius 1 is 1.12 bits per heavy atom. The van der Waals surface area contributed by atoms with Crippen molar-refractivity contribution < 1.29 is 22.8 Å². The van der Waals surface area contributed by atoms with Gasteiger partial charge in [0.25, 0.3) is 0 Å². The molecule has 2 saturated heterocycles. The summed E-state index contributed by atoms with van der Waals surface area (Å²) in [5.74, 6) is -0.922. The fourth-order valence-corrected chi connectivity index (χ4v) is 3.93. The fraction of sp³-hybridized carbons (Fsp3) is 0.529. The maximum atomic E-state index is 12.5. The molecule has 0 aliphatic carbocycles. The minimum atomic E-state index is -4.49. The number of rotatable bonds is 2. The van der Waals surface area contributed by atoms with Crippen molar-refractivity contribution in [2.75, 3.05) is 19.6 Å². The molecule has 2 aliphatic heterocycles. The van der Waals surface area contributed by atoms with Crippen molar-refractivity contribution in [2.45, 2.75) is 25.6 Å². The largest absolute Gasteiger partial charge is 0.397 e. The lowest BCUT2D eigenvalue weighted by Gasteiger charge is -2.29. The zero-order valence-electron chi connectivity index (χ0n) is 13.3. The SMILES string of the molecule is CC(=O)N1C[C@H]2CN(C(=O)CC(F)(F)F)C[C@H]2[C@H]1c1ccccc1. The van der Waals surface area contributed by atoms with Crippen molar-refractivity contribution in [1.82, 2.24) is 9.80 Å². The highest BCUT2D eigenvalue weighted by Gasteiger charge is 2.50. The van der Waals surface area contributed by atoms with Gasteiger partial charge in [-0.15, -0.1) is 0 Å². The molecule has 0 bridgehead atoms. The molecule has 1 aromatic rings. The van der Waals surface area contributed by atoms with Crippen molar-refractivity contribution in [3.63, 3.8) is 0 Å². The monoisotopic (exact) mass is 340 g/mol. The van der Waals surface area contributed by atoms with Gasteiger partial charge in [0, 0.05) is 38.4 Å². The van der Waals surface area contributed by atoms with Gasteiger partial charge in [0.1, 0.15) is 6.42 Å². The first-order valence-corrected chi connectivity index (χ1v) is 7.93. The number of fused-ring (bicyclic) bond motifs is 1. The summed E-state index contributed by atoms with van der Waals surface area (Å²) in [4.78, 5) is 26.9. The van der Waals surface area contributed by atoms with Gasteiger partial charge in [0.2, 0.25) is 11.8 Å². The van der Waals surface area contributed by atoms with E-state index in [2.05, 4.69) is 0 Å². The van der Waals surface area contributed by atoms with Crippen LogP contribution >= 0.6 is 0 Å². The summed E-state index contributed by atoms with van der Waals surface area (Å²) in [5.41, 5.74) is 0.963. The molecular weight excluding hydrogens is 321 g/mol. The highest BCUT2D eigenvalue weighted by atomic mass is 19.4. The third-order valence-corrected chi connectivity index (χ3v) is 4.91. The van der Waals surface area contributed by atoms with Gasteiger partial charge in [0.15, 0.2) is 0 Å². The van der Waals surface area contributed by atoms with Gasteiger partial charge < -0.3 is 9.80 Å². The zero-order valence-corrected chi connectivity index (χ0v) is 13.3. The second-order valence-electron chi connectivity index (χ2n) is 6.54. The summed E-state index contributed by atoms with van der Waals surface area (Å²) in [7, 11) is 0. The molecule has 2 fully saturated rings. The van der Waals surface area contributed by atoms with E-state index in [1.165, 1.54) is 11.8 Å². The first-order valence-electron chi connectivity index (χ1n) is 7.93. The number of amides is 2. The number of benzene rings is 1. The van der Waals surface area contributed by atoms with Gasteiger partial charge in [-0.2, -0.15) is 13.2 Å². The van der Waals surface area contributed by atoms with Crippen LogP contribution in [0.1, 0.15) is 24.9 Å². The minimum Gasteiger partial charge on any atom is -0.342 e. The number of nitrogens with zero attached hydrogens (tertiary/aromatic N) is 2. The lowest BCUT2D eigenvalue weighted by atomic mass is 9.89. The summed E-state index contributed by atoms with van der Waals surface area (Å²) >= 11 is 0. The van der Waals surface area contributed by atoms with Crippen LogP contribution in [-0.4, -0.2) is 47.4 Å². The normalized spacial score (nSPS) is 26.6. The molecule has 0 unspecified atom stereocenters. The van der Waals surface area contributed by atoms with E-state index in [1.54, 1.807) is 4.90 Å². The Morgan fingerprint density at radius 2 is 1.79 bits per heavy atom. The van der Waals surface area contributed by atoms with E-state index in [4.69, 9.17) is 0 Å². The number of carbonyl (C=O) groups is 2.